The highest BCUT2D eigenvalue weighted by Gasteiger charge is 2.38. The summed E-state index contributed by atoms with van der Waals surface area (Å²) in [5, 5.41) is 1.74. The predicted octanol–water partition coefficient (Wildman–Crippen LogP) is 5.79. The van der Waals surface area contributed by atoms with Gasteiger partial charge in [0.25, 0.3) is 0 Å². The first-order valence-electron chi connectivity index (χ1n) is 13.4. The average Bonchev–Trinajstić information content (AvgIpc) is 2.99. The van der Waals surface area contributed by atoms with Crippen molar-refractivity contribution in [3.05, 3.63) is 84.4 Å². The molecular weight excluding hydrogens is 667 g/mol. The van der Waals surface area contributed by atoms with Gasteiger partial charge in [0, 0.05) is 11.3 Å². The van der Waals surface area contributed by atoms with E-state index in [0.717, 1.165) is 18.1 Å². The van der Waals surface area contributed by atoms with E-state index >= 15 is 0 Å². The van der Waals surface area contributed by atoms with Crippen LogP contribution >= 0.6 is 0 Å². The van der Waals surface area contributed by atoms with E-state index in [0.29, 0.717) is 5.56 Å². The lowest BCUT2D eigenvalue weighted by Crippen LogP contribution is -2.29. The van der Waals surface area contributed by atoms with Crippen molar-refractivity contribution in [2.75, 3.05) is 32.0 Å². The van der Waals surface area contributed by atoms with E-state index < -0.39 is 32.3 Å². The van der Waals surface area contributed by atoms with Crippen molar-refractivity contribution in [2.45, 2.75) is 12.8 Å². The molecule has 1 amide bonds. The van der Waals surface area contributed by atoms with E-state index in [9.17, 15) is 34.8 Å². The Kier molecular flexibility index (Phi) is 10.3. The number of alkyl halides is 3. The molecule has 1 N–H and O–H groups in total. The second-order valence-corrected chi connectivity index (χ2v) is 13.1. The second-order valence-electron chi connectivity index (χ2n) is 9.90. The average molecular weight is 696 g/mol. The molecule has 47 heavy (non-hydrogen) atoms. The predicted molar refractivity (Wildman–Crippen MR) is 167 cm³/mol. The first-order valence-corrected chi connectivity index (χ1v) is 17.0. The zero-order valence-electron chi connectivity index (χ0n) is 25.2. The first-order chi connectivity index (χ1) is 22.0. The largest absolute Gasteiger partial charge is 0.496 e. The zero-order valence-corrected chi connectivity index (χ0v) is 26.9. The number of methoxy groups -OCH3 is 2. The highest BCUT2D eigenvalue weighted by Crippen LogP contribution is 2.51. The van der Waals surface area contributed by atoms with Crippen LogP contribution < -0.4 is 27.9 Å². The fourth-order valence-corrected chi connectivity index (χ4v) is 5.30. The highest BCUT2D eigenvalue weighted by molar-refractivity contribution is 7.86. The van der Waals surface area contributed by atoms with Crippen LogP contribution in [0.15, 0.2) is 78.9 Å². The van der Waals surface area contributed by atoms with E-state index in [-0.39, 0.29) is 57.7 Å². The summed E-state index contributed by atoms with van der Waals surface area (Å²) in [5.74, 6) is -2.73. The Bertz CT molecular complexity index is 1980. The Hall–Kier alpha value is -4.96. The fourth-order valence-electron chi connectivity index (χ4n) is 4.38. The molecule has 16 heteroatoms. The summed E-state index contributed by atoms with van der Waals surface area (Å²) in [6.45, 7) is 0.0767. The number of nitrogens with one attached hydrogen (secondary N) is 1. The first kappa shape index (κ1) is 34.9. The lowest BCUT2D eigenvalue weighted by atomic mass is 9.96. The van der Waals surface area contributed by atoms with Gasteiger partial charge in [-0.05, 0) is 47.0 Å². The molecule has 0 fully saturated rings. The van der Waals surface area contributed by atoms with E-state index in [1.807, 2.05) is 30.3 Å². The molecular formula is C31H28F3NO10S2. The Morgan fingerprint density at radius 1 is 0.723 bits per heavy atom. The molecule has 0 spiro atoms. The Balaban J connectivity index is 1.87. The number of ether oxygens (including phenoxy) is 3. The third-order valence-corrected chi connectivity index (χ3v) is 7.23. The van der Waals surface area contributed by atoms with Gasteiger partial charge in [-0.3, -0.25) is 4.79 Å². The van der Waals surface area contributed by atoms with Gasteiger partial charge in [-0.1, -0.05) is 48.5 Å². The number of amides is 1. The topological polar surface area (TPSA) is 144 Å². The maximum Gasteiger partial charge on any atom is 0.471 e. The van der Waals surface area contributed by atoms with Gasteiger partial charge >= 0.3 is 32.3 Å². The van der Waals surface area contributed by atoms with Gasteiger partial charge in [0.1, 0.15) is 12.4 Å². The van der Waals surface area contributed by atoms with Crippen molar-refractivity contribution >= 4 is 31.8 Å². The summed E-state index contributed by atoms with van der Waals surface area (Å²) >= 11 is 0. The van der Waals surface area contributed by atoms with Crippen molar-refractivity contribution in [1.82, 2.24) is 0 Å². The number of hydrogen-bond acceptors (Lipinski definition) is 10. The van der Waals surface area contributed by atoms with E-state index in [2.05, 4.69) is 0 Å². The van der Waals surface area contributed by atoms with E-state index in [1.165, 1.54) is 62.8 Å². The molecule has 0 aliphatic carbocycles. The molecule has 250 valence electrons. The van der Waals surface area contributed by atoms with Crippen LogP contribution in [0.4, 0.5) is 18.9 Å². The maximum absolute atomic E-state index is 12.7. The number of carbonyl (C=O) groups excluding carboxylic acids is 1. The summed E-state index contributed by atoms with van der Waals surface area (Å²) in [6, 6.07) is 19.9. The Morgan fingerprint density at radius 2 is 1.34 bits per heavy atom. The smallest absolute Gasteiger partial charge is 0.471 e. The van der Waals surface area contributed by atoms with Gasteiger partial charge in [-0.2, -0.15) is 30.0 Å². The van der Waals surface area contributed by atoms with Crippen LogP contribution in [0.1, 0.15) is 5.56 Å². The van der Waals surface area contributed by atoms with Gasteiger partial charge in [-0.25, -0.2) is 0 Å². The van der Waals surface area contributed by atoms with Crippen LogP contribution in [0.3, 0.4) is 0 Å². The summed E-state index contributed by atoms with van der Waals surface area (Å²) in [4.78, 5) is 11.3. The monoisotopic (exact) mass is 695 g/mol. The third kappa shape index (κ3) is 9.07. The Morgan fingerprint density at radius 3 is 1.89 bits per heavy atom. The number of anilines is 1. The Labute approximate surface area is 269 Å². The molecule has 0 aromatic heterocycles. The molecule has 0 saturated heterocycles. The van der Waals surface area contributed by atoms with Crippen LogP contribution in [0.5, 0.6) is 28.7 Å². The van der Waals surface area contributed by atoms with E-state index in [1.54, 1.807) is 5.32 Å². The molecule has 0 radical (unpaired) electrons. The van der Waals surface area contributed by atoms with Crippen LogP contribution in [0.2, 0.25) is 0 Å². The van der Waals surface area contributed by atoms with Gasteiger partial charge in [0.2, 0.25) is 0 Å². The molecule has 0 unspecified atom stereocenters. The summed E-state index contributed by atoms with van der Waals surface area (Å²) in [5.41, 5.74) is 1.38. The summed E-state index contributed by atoms with van der Waals surface area (Å²) in [6.07, 6.45) is -3.45. The molecule has 4 aromatic carbocycles. The molecule has 4 rings (SSSR count). The molecule has 0 aliphatic heterocycles. The standard InChI is InChI=1S/C31H28F3NO10S2/c1-41-26-17-23(20-10-13-22(14-11-20)35-30(36)31(32,33)34)28(42-2)29(45-47(4,39)40)27(26)21-12-15-24(25(16-21)44-46(3,37)38)43-18-19-8-6-5-7-9-19/h5-17H,18H2,1-4H3,(H,35,36). The van der Waals surface area contributed by atoms with Crippen LogP contribution in [0.25, 0.3) is 22.3 Å². The quantitative estimate of drug-likeness (QED) is 0.181. The zero-order chi connectivity index (χ0) is 34.6. The minimum Gasteiger partial charge on any atom is -0.496 e. The number of benzene rings is 4. The molecule has 0 heterocycles. The lowest BCUT2D eigenvalue weighted by molar-refractivity contribution is -0.167. The minimum absolute atomic E-state index is 0.0283. The normalized spacial score (nSPS) is 11.8. The lowest BCUT2D eigenvalue weighted by Gasteiger charge is -2.21. The molecule has 11 nitrogen and oxygen atoms in total. The molecule has 0 atom stereocenters. The number of carbonyl (C=O) groups is 1. The van der Waals surface area contributed by atoms with Crippen molar-refractivity contribution in [3.8, 4) is 51.0 Å². The molecule has 4 aromatic rings. The van der Waals surface area contributed by atoms with Crippen LogP contribution in [-0.2, 0) is 31.6 Å². The molecule has 0 bridgehead atoms. The van der Waals surface area contributed by atoms with Crippen molar-refractivity contribution in [3.63, 3.8) is 0 Å². The summed E-state index contributed by atoms with van der Waals surface area (Å²) < 4.78 is 115. The SMILES string of the molecule is COc1cc(-c2ccc(NC(=O)C(F)(F)F)cc2)c(OC)c(OS(C)(=O)=O)c1-c1ccc(OCc2ccccc2)c(OS(C)(=O)=O)c1. The fraction of sp³-hybridized carbons (Fsp3) is 0.194. The minimum atomic E-state index is -5.10. The van der Waals surface area contributed by atoms with E-state index in [4.69, 9.17) is 22.6 Å². The van der Waals surface area contributed by atoms with Crippen molar-refractivity contribution in [2.24, 2.45) is 0 Å². The van der Waals surface area contributed by atoms with Gasteiger partial charge in [-0.15, -0.1) is 0 Å². The third-order valence-electron chi connectivity index (χ3n) is 6.28. The van der Waals surface area contributed by atoms with Gasteiger partial charge < -0.3 is 27.9 Å². The molecule has 0 saturated carbocycles. The van der Waals surface area contributed by atoms with Crippen LogP contribution in [-0.4, -0.2) is 55.7 Å². The number of halogens is 3. The maximum atomic E-state index is 12.7. The van der Waals surface area contributed by atoms with Crippen molar-refractivity contribution < 1.29 is 57.4 Å². The highest BCUT2D eigenvalue weighted by atomic mass is 32.2. The number of rotatable bonds is 12. The summed E-state index contributed by atoms with van der Waals surface area (Å²) in [7, 11) is -5.76. The second kappa shape index (κ2) is 13.8. The van der Waals surface area contributed by atoms with Crippen LogP contribution in [0, 0.1) is 0 Å². The van der Waals surface area contributed by atoms with Gasteiger partial charge in [0.05, 0.1) is 32.3 Å². The molecule has 0 aliphatic rings. The van der Waals surface area contributed by atoms with Crippen molar-refractivity contribution in [1.29, 1.82) is 0 Å². The van der Waals surface area contributed by atoms with Gasteiger partial charge in [0.15, 0.2) is 23.0 Å². The number of hydrogen-bond donors (Lipinski definition) is 1.